The maximum Gasteiger partial charge on any atom is 0.469 e. The minimum atomic E-state index is -4.88. The van der Waals surface area contributed by atoms with Gasteiger partial charge in [0.15, 0.2) is 11.9 Å². The van der Waals surface area contributed by atoms with Crippen molar-refractivity contribution in [1.82, 2.24) is 14.8 Å². The van der Waals surface area contributed by atoms with Crippen molar-refractivity contribution in [3.8, 4) is 6.07 Å². The van der Waals surface area contributed by atoms with Crippen LogP contribution >= 0.6 is 19.6 Å². The highest BCUT2D eigenvalue weighted by Crippen LogP contribution is 2.43. The molecule has 4 aromatic carbocycles. The van der Waals surface area contributed by atoms with Gasteiger partial charge in [-0.25, -0.2) is 32.2 Å². The molecule has 0 spiro atoms. The van der Waals surface area contributed by atoms with Crippen LogP contribution in [0.25, 0.3) is 16.8 Å². The number of allylic oxidation sites excluding steroid dienone is 2. The summed E-state index contributed by atoms with van der Waals surface area (Å²) in [6, 6.07) is 18.7. The minimum Gasteiger partial charge on any atom is -0.447 e. The van der Waals surface area contributed by atoms with E-state index in [1.165, 1.54) is 59.4 Å². The Morgan fingerprint density at radius 2 is 1.86 bits per heavy atom. The number of ether oxygens (including phenoxy) is 3. The molecule has 0 saturated carbocycles. The number of hydrogen-bond acceptors (Lipinski definition) is 10. The number of carbonyl (C=O) groups is 1. The van der Waals surface area contributed by atoms with Gasteiger partial charge in [0, 0.05) is 27.8 Å². The lowest BCUT2D eigenvalue weighted by molar-refractivity contribution is -0.146. The molecule has 2 N–H and O–H groups in total. The average Bonchev–Trinajstić information content (AvgIpc) is 3.68. The van der Waals surface area contributed by atoms with Gasteiger partial charge in [0.2, 0.25) is 0 Å². The highest BCUT2D eigenvalue weighted by molar-refractivity contribution is 8.00. The maximum absolute atomic E-state index is 16.0. The van der Waals surface area contributed by atoms with E-state index < -0.39 is 55.0 Å². The van der Waals surface area contributed by atoms with Crippen LogP contribution < -0.4 is 0 Å². The summed E-state index contributed by atoms with van der Waals surface area (Å²) in [5.41, 5.74) is -1.21. The molecule has 0 radical (unpaired) electrons. The van der Waals surface area contributed by atoms with Crippen LogP contribution in [0.15, 0.2) is 104 Å². The van der Waals surface area contributed by atoms with Gasteiger partial charge in [0.05, 0.1) is 48.8 Å². The molecule has 17 heteroatoms. The molecule has 290 valence electrons. The van der Waals surface area contributed by atoms with Crippen LogP contribution in [0.3, 0.4) is 0 Å². The Balaban J connectivity index is 1.27. The van der Waals surface area contributed by atoms with Crippen molar-refractivity contribution in [2.75, 3.05) is 13.2 Å². The third-order valence-electron chi connectivity index (χ3n) is 8.86. The minimum absolute atomic E-state index is 0.00466. The predicted octanol–water partition coefficient (Wildman–Crippen LogP) is 7.21. The molecule has 6 rings (SSSR count). The van der Waals surface area contributed by atoms with E-state index in [9.17, 15) is 27.9 Å². The first-order chi connectivity index (χ1) is 26.8. The number of halogens is 3. The number of carbonyl (C=O) groups excluding carboxylic acids is 1. The lowest BCUT2D eigenvalue weighted by Crippen LogP contribution is -2.47. The molecular weight excluding hydrogens is 772 g/mol. The van der Waals surface area contributed by atoms with E-state index in [1.54, 1.807) is 55.5 Å². The average molecular weight is 807 g/mol. The van der Waals surface area contributed by atoms with Crippen LogP contribution in [0, 0.1) is 28.8 Å². The van der Waals surface area contributed by atoms with E-state index in [2.05, 4.69) is 10.1 Å². The van der Waals surface area contributed by atoms with Crippen LogP contribution in [-0.2, 0) is 42.1 Å². The zero-order chi connectivity index (χ0) is 39.9. The van der Waals surface area contributed by atoms with E-state index in [0.29, 0.717) is 22.4 Å². The molecule has 1 aromatic heterocycles. The zero-order valence-electron chi connectivity index (χ0n) is 29.6. The SMILES string of the molecule is C[C@@H](S[C@H]1CO[C@H](/C=C/C=C/c2ccc(C#N)cc2F)OC1)[C@@](Cn1cncn1)(OC(=O)c1cccc2cccc(COP(=O)(O)O)c12)c1ccc(F)cc1F. The fraction of sp³-hybridized carbons (Fsp3) is 0.231. The number of phosphoric acid groups is 1. The van der Waals surface area contributed by atoms with E-state index in [-0.39, 0.29) is 47.3 Å². The quantitative estimate of drug-likeness (QED) is 0.0659. The molecule has 0 aliphatic carbocycles. The first kappa shape index (κ1) is 40.6. The van der Waals surface area contributed by atoms with Crippen LogP contribution in [0.4, 0.5) is 13.2 Å². The molecule has 1 saturated heterocycles. The van der Waals surface area contributed by atoms with Crippen LogP contribution in [0.1, 0.15) is 39.5 Å². The number of fused-ring (bicyclic) bond motifs is 1. The summed E-state index contributed by atoms with van der Waals surface area (Å²) in [5.74, 6) is -3.27. The van der Waals surface area contributed by atoms with Crippen LogP contribution in [0.5, 0.6) is 0 Å². The second kappa shape index (κ2) is 17.8. The summed E-state index contributed by atoms with van der Waals surface area (Å²) >= 11 is 1.29. The third kappa shape index (κ3) is 9.81. The van der Waals surface area contributed by atoms with Gasteiger partial charge in [0.25, 0.3) is 0 Å². The topological polar surface area (TPSA) is 166 Å². The van der Waals surface area contributed by atoms with E-state index >= 15 is 4.39 Å². The number of benzene rings is 4. The highest BCUT2D eigenvalue weighted by Gasteiger charge is 2.47. The molecule has 0 amide bonds. The van der Waals surface area contributed by atoms with Crippen molar-refractivity contribution < 1.29 is 51.1 Å². The molecule has 2 atom stereocenters. The lowest BCUT2D eigenvalue weighted by Gasteiger charge is -2.40. The highest BCUT2D eigenvalue weighted by atomic mass is 32.2. The fourth-order valence-electron chi connectivity index (χ4n) is 6.21. The number of esters is 1. The van der Waals surface area contributed by atoms with E-state index in [0.717, 1.165) is 12.1 Å². The van der Waals surface area contributed by atoms with Crippen molar-refractivity contribution in [3.05, 3.63) is 149 Å². The maximum atomic E-state index is 16.0. The molecule has 0 bridgehead atoms. The van der Waals surface area contributed by atoms with Gasteiger partial charge in [-0.05, 0) is 54.3 Å². The Morgan fingerprint density at radius 1 is 1.09 bits per heavy atom. The monoisotopic (exact) mass is 806 g/mol. The Kier molecular flexibility index (Phi) is 12.9. The van der Waals surface area contributed by atoms with Gasteiger partial charge in [0.1, 0.15) is 30.1 Å². The van der Waals surface area contributed by atoms with Crippen molar-refractivity contribution in [2.24, 2.45) is 0 Å². The summed E-state index contributed by atoms with van der Waals surface area (Å²) in [4.78, 5) is 37.2. The second-order valence-corrected chi connectivity index (χ2v) is 15.5. The molecule has 2 heterocycles. The summed E-state index contributed by atoms with van der Waals surface area (Å²) in [5, 5.41) is 12.8. The zero-order valence-corrected chi connectivity index (χ0v) is 31.3. The number of hydrogen-bond donors (Lipinski definition) is 2. The third-order valence-corrected chi connectivity index (χ3v) is 10.8. The lowest BCUT2D eigenvalue weighted by atomic mass is 9.89. The Hall–Kier alpha value is -5.11. The smallest absolute Gasteiger partial charge is 0.447 e. The van der Waals surface area contributed by atoms with Gasteiger partial charge < -0.3 is 24.0 Å². The van der Waals surface area contributed by atoms with E-state index in [4.69, 9.17) is 24.0 Å². The molecule has 0 unspecified atom stereocenters. The molecule has 1 aliphatic heterocycles. The van der Waals surface area contributed by atoms with Crippen LogP contribution in [0.2, 0.25) is 0 Å². The molecule has 1 fully saturated rings. The first-order valence-electron chi connectivity index (χ1n) is 17.0. The van der Waals surface area contributed by atoms with Crippen molar-refractivity contribution in [3.63, 3.8) is 0 Å². The van der Waals surface area contributed by atoms with Crippen molar-refractivity contribution in [1.29, 1.82) is 5.26 Å². The number of rotatable bonds is 14. The fourth-order valence-corrected chi connectivity index (χ4v) is 7.88. The molecule has 12 nitrogen and oxygen atoms in total. The van der Waals surface area contributed by atoms with Gasteiger partial charge in [-0.1, -0.05) is 54.6 Å². The molecule has 56 heavy (non-hydrogen) atoms. The largest absolute Gasteiger partial charge is 0.469 e. The van der Waals surface area contributed by atoms with Gasteiger partial charge in [-0.15, -0.1) is 11.8 Å². The number of thioether (sulfide) groups is 1. The molecule has 1 aliphatic rings. The van der Waals surface area contributed by atoms with Gasteiger partial charge in [-0.3, -0.25) is 4.52 Å². The summed E-state index contributed by atoms with van der Waals surface area (Å²) in [6.45, 7) is 1.28. The predicted molar refractivity (Wildman–Crippen MR) is 200 cm³/mol. The number of aromatic nitrogens is 3. The first-order valence-corrected chi connectivity index (χ1v) is 19.5. The van der Waals surface area contributed by atoms with E-state index in [1.807, 2.05) is 6.07 Å². The summed E-state index contributed by atoms with van der Waals surface area (Å²) < 4.78 is 80.5. The molecule has 5 aromatic rings. The normalized spacial score (nSPS) is 17.9. The second-order valence-electron chi connectivity index (χ2n) is 12.6. The Morgan fingerprint density at radius 3 is 2.54 bits per heavy atom. The van der Waals surface area contributed by atoms with Crippen LogP contribution in [-0.4, -0.2) is 60.5 Å². The van der Waals surface area contributed by atoms with Gasteiger partial charge in [-0.2, -0.15) is 10.4 Å². The molecular formula is C39H34F3N4O8PS. The summed E-state index contributed by atoms with van der Waals surface area (Å²) in [7, 11) is -4.88. The summed E-state index contributed by atoms with van der Waals surface area (Å²) in [6.07, 6.45) is 8.30. The standard InChI is InChI=1S/C39H34F3N4O8PS/c1-25(56-31-20-51-36(52-21-31)11-3-2-6-27-13-12-26(18-43)16-34(27)41)39(22-46-24-44-23-45-46,33-15-14-30(40)17-35(33)42)54-38(47)32-10-5-8-28-7-4-9-29(37(28)32)19-53-55(48,49)50/h2-17,23-25,31,36H,19-22H2,1H3,(H2,48,49,50)/b6-2+,11-3+/t25-,31-,36-,39-/m1/s1. The number of nitriles is 1. The van der Waals surface area contributed by atoms with Crippen molar-refractivity contribution in [2.45, 2.75) is 42.5 Å². The van der Waals surface area contributed by atoms with Crippen molar-refractivity contribution >= 4 is 42.4 Å². The number of phosphoric ester groups is 1. The Labute approximate surface area is 323 Å². The number of nitrogens with zero attached hydrogens (tertiary/aromatic N) is 4. The van der Waals surface area contributed by atoms with Gasteiger partial charge >= 0.3 is 13.8 Å². The Bertz CT molecular complexity index is 2340.